The van der Waals surface area contributed by atoms with Gasteiger partial charge in [0, 0.05) is 39.3 Å². The van der Waals surface area contributed by atoms with Crippen LogP contribution in [0.25, 0.3) is 11.3 Å². The van der Waals surface area contributed by atoms with E-state index in [1.165, 1.54) is 11.1 Å². The molecule has 3 aromatic carbocycles. The van der Waals surface area contributed by atoms with Gasteiger partial charge in [0.2, 0.25) is 5.88 Å². The number of hydrogen-bond donors (Lipinski definition) is 3. The number of amides is 1. The van der Waals surface area contributed by atoms with E-state index >= 15 is 0 Å². The third-order valence-corrected chi connectivity index (χ3v) is 6.03. The molecular formula is C26H25N3O3S. The molecule has 0 aliphatic heterocycles. The van der Waals surface area contributed by atoms with Gasteiger partial charge >= 0.3 is 0 Å². The van der Waals surface area contributed by atoms with E-state index in [9.17, 15) is 9.35 Å². The number of ether oxygens (including phenoxy) is 1. The number of aryl methyl sites for hydroxylation is 1. The van der Waals surface area contributed by atoms with E-state index in [0.717, 1.165) is 23.2 Å². The molecule has 0 fully saturated rings. The van der Waals surface area contributed by atoms with E-state index in [4.69, 9.17) is 4.74 Å². The SMILES string of the molecule is CCc1c(Oc2cccc(C(=O)Nc3cccc(SO)c3)c2)n[nH]c1-c1cccc(C)c1C. The molecule has 6 nitrogen and oxygen atoms in total. The molecule has 0 aliphatic carbocycles. The zero-order valence-corrected chi connectivity index (χ0v) is 19.5. The van der Waals surface area contributed by atoms with Crippen molar-refractivity contribution < 1.29 is 14.1 Å². The van der Waals surface area contributed by atoms with Crippen LogP contribution in [0, 0.1) is 13.8 Å². The molecule has 0 spiro atoms. The van der Waals surface area contributed by atoms with Crippen molar-refractivity contribution in [3.05, 3.63) is 89.0 Å². The van der Waals surface area contributed by atoms with Crippen molar-refractivity contribution >= 4 is 23.6 Å². The summed E-state index contributed by atoms with van der Waals surface area (Å²) in [6.07, 6.45) is 0.744. The van der Waals surface area contributed by atoms with E-state index < -0.39 is 0 Å². The summed E-state index contributed by atoms with van der Waals surface area (Å²) in [5.41, 5.74) is 6.51. The van der Waals surface area contributed by atoms with Gasteiger partial charge in [0.15, 0.2) is 0 Å². The maximum atomic E-state index is 12.7. The van der Waals surface area contributed by atoms with Crippen LogP contribution >= 0.6 is 12.0 Å². The van der Waals surface area contributed by atoms with Gasteiger partial charge < -0.3 is 14.6 Å². The van der Waals surface area contributed by atoms with Gasteiger partial charge in [0.05, 0.1) is 5.69 Å². The minimum atomic E-state index is -0.269. The Labute approximate surface area is 197 Å². The number of carbonyl (C=O) groups is 1. The highest BCUT2D eigenvalue weighted by Crippen LogP contribution is 2.34. The molecule has 0 bridgehead atoms. The van der Waals surface area contributed by atoms with E-state index in [1.54, 1.807) is 48.5 Å². The number of benzene rings is 3. The lowest BCUT2D eigenvalue weighted by Crippen LogP contribution is -2.11. The second-order valence-corrected chi connectivity index (χ2v) is 8.34. The molecule has 0 aliphatic rings. The third-order valence-electron chi connectivity index (χ3n) is 5.56. The maximum absolute atomic E-state index is 12.7. The summed E-state index contributed by atoms with van der Waals surface area (Å²) in [7, 11) is 0. The molecule has 4 aromatic rings. The van der Waals surface area contributed by atoms with Gasteiger partial charge in [0.25, 0.3) is 5.91 Å². The molecule has 1 amide bonds. The first kappa shape index (κ1) is 22.6. The second-order valence-electron chi connectivity index (χ2n) is 7.69. The molecule has 0 saturated carbocycles. The summed E-state index contributed by atoms with van der Waals surface area (Å²) in [6.45, 7) is 6.26. The smallest absolute Gasteiger partial charge is 0.255 e. The predicted octanol–water partition coefficient (Wildman–Crippen LogP) is 6.87. The van der Waals surface area contributed by atoms with Gasteiger partial charge in [-0.2, -0.15) is 0 Å². The Morgan fingerprint density at radius 1 is 1.09 bits per heavy atom. The Hall–Kier alpha value is -3.55. The minimum absolute atomic E-state index is 0.269. The van der Waals surface area contributed by atoms with Crippen LogP contribution in [-0.4, -0.2) is 20.7 Å². The van der Waals surface area contributed by atoms with Crippen molar-refractivity contribution in [3.8, 4) is 22.9 Å². The van der Waals surface area contributed by atoms with Crippen molar-refractivity contribution in [3.63, 3.8) is 0 Å². The van der Waals surface area contributed by atoms with Crippen LogP contribution in [-0.2, 0) is 6.42 Å². The zero-order chi connectivity index (χ0) is 23.4. The van der Waals surface area contributed by atoms with E-state index in [1.807, 2.05) is 6.07 Å². The topological polar surface area (TPSA) is 87.2 Å². The predicted molar refractivity (Wildman–Crippen MR) is 132 cm³/mol. The molecule has 4 rings (SSSR count). The Balaban J connectivity index is 1.57. The number of nitrogens with zero attached hydrogens (tertiary/aromatic N) is 1. The molecule has 33 heavy (non-hydrogen) atoms. The second kappa shape index (κ2) is 9.94. The Morgan fingerprint density at radius 2 is 1.88 bits per heavy atom. The number of aromatic nitrogens is 2. The van der Waals surface area contributed by atoms with Crippen LogP contribution in [0.15, 0.2) is 71.6 Å². The number of carbonyl (C=O) groups excluding carboxylic acids is 1. The highest BCUT2D eigenvalue weighted by atomic mass is 32.2. The fourth-order valence-corrected chi connectivity index (χ4v) is 3.97. The van der Waals surface area contributed by atoms with Gasteiger partial charge in [-0.3, -0.25) is 9.89 Å². The van der Waals surface area contributed by atoms with Crippen molar-refractivity contribution in [2.24, 2.45) is 0 Å². The average molecular weight is 460 g/mol. The van der Waals surface area contributed by atoms with Crippen LogP contribution in [0.2, 0.25) is 0 Å². The summed E-state index contributed by atoms with van der Waals surface area (Å²) < 4.78 is 15.3. The van der Waals surface area contributed by atoms with Crippen LogP contribution in [0.5, 0.6) is 11.6 Å². The van der Waals surface area contributed by atoms with Crippen LogP contribution < -0.4 is 10.1 Å². The van der Waals surface area contributed by atoms with Gasteiger partial charge in [-0.05, 0) is 67.8 Å². The lowest BCUT2D eigenvalue weighted by atomic mass is 9.98. The fourth-order valence-electron chi connectivity index (χ4n) is 3.65. The highest BCUT2D eigenvalue weighted by Gasteiger charge is 2.18. The maximum Gasteiger partial charge on any atom is 0.255 e. The molecule has 1 heterocycles. The average Bonchev–Trinajstić information content (AvgIpc) is 3.23. The van der Waals surface area contributed by atoms with Crippen molar-refractivity contribution in [1.29, 1.82) is 0 Å². The molecule has 7 heteroatoms. The van der Waals surface area contributed by atoms with Gasteiger partial charge in [-0.25, -0.2) is 0 Å². The molecule has 0 radical (unpaired) electrons. The zero-order valence-electron chi connectivity index (χ0n) is 18.7. The van der Waals surface area contributed by atoms with Crippen molar-refractivity contribution in [2.75, 3.05) is 5.32 Å². The van der Waals surface area contributed by atoms with Crippen molar-refractivity contribution in [2.45, 2.75) is 32.1 Å². The minimum Gasteiger partial charge on any atom is -0.437 e. The number of anilines is 1. The Kier molecular flexibility index (Phi) is 6.82. The number of aromatic amines is 1. The summed E-state index contributed by atoms with van der Waals surface area (Å²) >= 11 is 0.634. The van der Waals surface area contributed by atoms with Gasteiger partial charge in [0.1, 0.15) is 5.75 Å². The van der Waals surface area contributed by atoms with Gasteiger partial charge in [-0.15, -0.1) is 5.10 Å². The fraction of sp³-hybridized carbons (Fsp3) is 0.154. The first-order valence-corrected chi connectivity index (χ1v) is 11.4. The summed E-state index contributed by atoms with van der Waals surface area (Å²) in [5, 5.41) is 10.4. The first-order chi connectivity index (χ1) is 16.0. The van der Waals surface area contributed by atoms with E-state index in [-0.39, 0.29) is 5.91 Å². The summed E-state index contributed by atoms with van der Waals surface area (Å²) in [5.74, 6) is 0.754. The molecule has 168 valence electrons. The monoisotopic (exact) mass is 459 g/mol. The van der Waals surface area contributed by atoms with E-state index in [0.29, 0.717) is 39.8 Å². The largest absolute Gasteiger partial charge is 0.437 e. The molecule has 0 atom stereocenters. The number of hydrogen-bond acceptors (Lipinski definition) is 5. The molecule has 3 N–H and O–H groups in total. The summed E-state index contributed by atoms with van der Waals surface area (Å²) in [6, 6.07) is 20.2. The van der Waals surface area contributed by atoms with Crippen LogP contribution in [0.4, 0.5) is 5.69 Å². The third kappa shape index (κ3) is 4.94. The highest BCUT2D eigenvalue weighted by molar-refractivity contribution is 7.93. The number of nitrogens with one attached hydrogen (secondary N) is 2. The lowest BCUT2D eigenvalue weighted by molar-refractivity contribution is 0.102. The normalized spacial score (nSPS) is 10.8. The molecule has 1 aromatic heterocycles. The first-order valence-electron chi connectivity index (χ1n) is 10.6. The number of H-pyrrole nitrogens is 1. The quantitative estimate of drug-likeness (QED) is 0.263. The molecule has 0 saturated heterocycles. The van der Waals surface area contributed by atoms with E-state index in [2.05, 4.69) is 48.4 Å². The Morgan fingerprint density at radius 3 is 2.67 bits per heavy atom. The summed E-state index contributed by atoms with van der Waals surface area (Å²) in [4.78, 5) is 13.4. The van der Waals surface area contributed by atoms with Crippen LogP contribution in [0.3, 0.4) is 0 Å². The Bertz CT molecular complexity index is 1300. The molecular weight excluding hydrogens is 434 g/mol. The standard InChI is InChI=1S/C26H25N3O3S/c1-4-22-24(23-13-5-8-16(2)17(23)3)28-29-26(22)32-20-11-6-9-18(14-20)25(30)27-19-10-7-12-21(15-19)33-31/h5-15,31H,4H2,1-3H3,(H,27,30)(H,28,29). The lowest BCUT2D eigenvalue weighted by Gasteiger charge is -2.10. The molecule has 0 unspecified atom stereocenters. The van der Waals surface area contributed by atoms with Crippen LogP contribution in [0.1, 0.15) is 34.0 Å². The van der Waals surface area contributed by atoms with Gasteiger partial charge in [-0.1, -0.05) is 37.3 Å². The van der Waals surface area contributed by atoms with Crippen molar-refractivity contribution in [1.82, 2.24) is 10.2 Å². The number of rotatable bonds is 7.